The van der Waals surface area contributed by atoms with E-state index in [0.717, 1.165) is 31.3 Å². The highest BCUT2D eigenvalue weighted by molar-refractivity contribution is 5.94. The topological polar surface area (TPSA) is 51.2 Å². The van der Waals surface area contributed by atoms with E-state index in [2.05, 4.69) is 20.8 Å². The molecular formula is C21H28O3. The molecule has 4 aliphatic rings. The summed E-state index contributed by atoms with van der Waals surface area (Å²) < 4.78 is 0. The lowest BCUT2D eigenvalue weighted by molar-refractivity contribution is -0.141. The summed E-state index contributed by atoms with van der Waals surface area (Å²) in [6, 6.07) is 0. The first-order valence-electron chi connectivity index (χ1n) is 9.59. The number of allylic oxidation sites excluding steroid dienone is 1. The molecule has 0 spiro atoms. The fraction of sp³-hybridized carbons (Fsp3) is 0.762. The van der Waals surface area contributed by atoms with Crippen LogP contribution in [-0.2, 0) is 14.4 Å². The highest BCUT2D eigenvalue weighted by Crippen LogP contribution is 2.66. The van der Waals surface area contributed by atoms with Gasteiger partial charge in [-0.05, 0) is 61.3 Å². The standard InChI is InChI=1S/C21H28O3/c1-12-8-15-16-4-5-19(24)20(16,3)7-6-17(15)21(11-22)13(2)9-14(23)10-18(12)21/h10-13,15-17H,4-9H2,1-3H3/t12?,13?,15-,16-,17+,20-,21+/m0/s1. The smallest absolute Gasteiger partial charge is 0.156 e. The number of rotatable bonds is 1. The molecule has 7 atom stereocenters. The van der Waals surface area contributed by atoms with Crippen LogP contribution in [0.1, 0.15) is 59.3 Å². The van der Waals surface area contributed by atoms with Gasteiger partial charge in [-0.2, -0.15) is 0 Å². The second-order valence-electron chi connectivity index (χ2n) is 9.15. The molecule has 0 heterocycles. The van der Waals surface area contributed by atoms with Crippen molar-refractivity contribution in [1.29, 1.82) is 0 Å². The molecule has 0 radical (unpaired) electrons. The van der Waals surface area contributed by atoms with Crippen LogP contribution in [0.3, 0.4) is 0 Å². The summed E-state index contributed by atoms with van der Waals surface area (Å²) >= 11 is 0. The quantitative estimate of drug-likeness (QED) is 0.689. The molecule has 0 bridgehead atoms. The zero-order valence-electron chi connectivity index (χ0n) is 15.0. The van der Waals surface area contributed by atoms with Crippen molar-refractivity contribution in [2.45, 2.75) is 59.3 Å². The Balaban J connectivity index is 1.82. The molecule has 0 amide bonds. The van der Waals surface area contributed by atoms with E-state index in [4.69, 9.17) is 0 Å². The van der Waals surface area contributed by atoms with Crippen LogP contribution in [0.2, 0.25) is 0 Å². The van der Waals surface area contributed by atoms with Crippen molar-refractivity contribution in [2.24, 2.45) is 40.4 Å². The highest BCUT2D eigenvalue weighted by atomic mass is 16.1. The Labute approximate surface area is 144 Å². The molecular weight excluding hydrogens is 300 g/mol. The Morgan fingerprint density at radius 1 is 1.17 bits per heavy atom. The third kappa shape index (κ3) is 1.82. The van der Waals surface area contributed by atoms with Gasteiger partial charge in [0, 0.05) is 18.3 Å². The summed E-state index contributed by atoms with van der Waals surface area (Å²) in [5.74, 6) is 2.14. The predicted octanol–water partition coefficient (Wildman–Crippen LogP) is 3.76. The van der Waals surface area contributed by atoms with Gasteiger partial charge in [0.1, 0.15) is 12.1 Å². The maximum Gasteiger partial charge on any atom is 0.156 e. The van der Waals surface area contributed by atoms with E-state index < -0.39 is 5.41 Å². The summed E-state index contributed by atoms with van der Waals surface area (Å²) in [5, 5.41) is 0. The van der Waals surface area contributed by atoms with Gasteiger partial charge in [-0.3, -0.25) is 9.59 Å². The van der Waals surface area contributed by atoms with E-state index in [9.17, 15) is 14.4 Å². The molecule has 0 N–H and O–H groups in total. The highest BCUT2D eigenvalue weighted by Gasteiger charge is 2.63. The second-order valence-corrected chi connectivity index (χ2v) is 9.15. The molecule has 3 fully saturated rings. The average molecular weight is 328 g/mol. The van der Waals surface area contributed by atoms with Gasteiger partial charge in [-0.1, -0.05) is 26.3 Å². The van der Waals surface area contributed by atoms with E-state index >= 15 is 0 Å². The second kappa shape index (κ2) is 5.12. The van der Waals surface area contributed by atoms with Crippen molar-refractivity contribution in [2.75, 3.05) is 0 Å². The molecule has 2 unspecified atom stereocenters. The van der Waals surface area contributed by atoms with Gasteiger partial charge in [-0.15, -0.1) is 0 Å². The number of carbonyl (C=O) groups is 3. The molecule has 0 aliphatic heterocycles. The normalized spacial score (nSPS) is 50.6. The first kappa shape index (κ1) is 16.2. The third-order valence-electron chi connectivity index (χ3n) is 8.25. The molecule has 4 rings (SSSR count). The fourth-order valence-electron chi connectivity index (χ4n) is 7.05. The minimum atomic E-state index is -0.469. The van der Waals surface area contributed by atoms with Crippen molar-refractivity contribution < 1.29 is 14.4 Å². The molecule has 0 aromatic rings. The lowest BCUT2D eigenvalue weighted by Gasteiger charge is -2.59. The largest absolute Gasteiger partial charge is 0.302 e. The maximum atomic E-state index is 12.5. The Kier molecular flexibility index (Phi) is 3.47. The summed E-state index contributed by atoms with van der Waals surface area (Å²) in [4.78, 5) is 37.1. The molecule has 4 aliphatic carbocycles. The molecule has 3 nitrogen and oxygen atoms in total. The van der Waals surface area contributed by atoms with Crippen LogP contribution < -0.4 is 0 Å². The minimum absolute atomic E-state index is 0.0826. The van der Waals surface area contributed by atoms with Gasteiger partial charge in [0.05, 0.1) is 5.41 Å². The van der Waals surface area contributed by atoms with Crippen molar-refractivity contribution in [3.05, 3.63) is 11.6 Å². The zero-order valence-corrected chi connectivity index (χ0v) is 15.0. The van der Waals surface area contributed by atoms with E-state index in [-0.39, 0.29) is 23.0 Å². The molecule has 0 aromatic heterocycles. The van der Waals surface area contributed by atoms with Crippen molar-refractivity contribution >= 4 is 17.9 Å². The van der Waals surface area contributed by atoms with E-state index in [0.29, 0.717) is 36.4 Å². The Hall–Kier alpha value is -1.25. The van der Waals surface area contributed by atoms with Gasteiger partial charge >= 0.3 is 0 Å². The Morgan fingerprint density at radius 3 is 2.62 bits per heavy atom. The Bertz CT molecular complexity index is 647. The molecule has 24 heavy (non-hydrogen) atoms. The number of carbonyl (C=O) groups excluding carboxylic acids is 3. The Morgan fingerprint density at radius 2 is 1.92 bits per heavy atom. The van der Waals surface area contributed by atoms with Crippen LogP contribution in [0, 0.1) is 40.4 Å². The van der Waals surface area contributed by atoms with Crippen LogP contribution >= 0.6 is 0 Å². The molecule has 3 heteroatoms. The van der Waals surface area contributed by atoms with Gasteiger partial charge in [-0.25, -0.2) is 0 Å². The molecule has 0 saturated heterocycles. The lowest BCUT2D eigenvalue weighted by Crippen LogP contribution is -2.56. The number of fused-ring (bicyclic) bond motifs is 5. The van der Waals surface area contributed by atoms with Gasteiger partial charge in [0.25, 0.3) is 0 Å². The number of aldehydes is 1. The number of Topliss-reactive ketones (excluding diaryl/α,β-unsaturated/α-hetero) is 1. The third-order valence-corrected chi connectivity index (χ3v) is 8.25. The van der Waals surface area contributed by atoms with Gasteiger partial charge in [0.2, 0.25) is 0 Å². The number of ketones is 2. The van der Waals surface area contributed by atoms with Crippen LogP contribution in [-0.4, -0.2) is 17.9 Å². The summed E-state index contributed by atoms with van der Waals surface area (Å²) in [6.45, 7) is 6.43. The zero-order chi connectivity index (χ0) is 17.3. The van der Waals surface area contributed by atoms with Crippen LogP contribution in [0.25, 0.3) is 0 Å². The summed E-state index contributed by atoms with van der Waals surface area (Å²) in [6.07, 6.45) is 8.05. The SMILES string of the molecule is CC1C[C@@H]2[C@@H](CC[C@]3(C)C(=O)CC[C@@H]23)[C@]2(C=O)C1=CC(=O)CC2C. The van der Waals surface area contributed by atoms with Crippen LogP contribution in [0.4, 0.5) is 0 Å². The predicted molar refractivity (Wildman–Crippen MR) is 91.2 cm³/mol. The summed E-state index contributed by atoms with van der Waals surface area (Å²) in [5.41, 5.74) is 0.457. The summed E-state index contributed by atoms with van der Waals surface area (Å²) in [7, 11) is 0. The first-order valence-corrected chi connectivity index (χ1v) is 9.59. The fourth-order valence-corrected chi connectivity index (χ4v) is 7.05. The minimum Gasteiger partial charge on any atom is -0.302 e. The monoisotopic (exact) mass is 328 g/mol. The van der Waals surface area contributed by atoms with E-state index in [1.165, 1.54) is 6.29 Å². The van der Waals surface area contributed by atoms with Crippen LogP contribution in [0.5, 0.6) is 0 Å². The van der Waals surface area contributed by atoms with E-state index in [1.807, 2.05) is 0 Å². The van der Waals surface area contributed by atoms with Gasteiger partial charge < -0.3 is 4.79 Å². The molecule has 3 saturated carbocycles. The van der Waals surface area contributed by atoms with Gasteiger partial charge in [0.15, 0.2) is 5.78 Å². The number of hydrogen-bond acceptors (Lipinski definition) is 3. The first-order chi connectivity index (χ1) is 11.3. The van der Waals surface area contributed by atoms with E-state index in [1.54, 1.807) is 6.08 Å². The molecule has 130 valence electrons. The number of hydrogen-bond donors (Lipinski definition) is 0. The lowest BCUT2D eigenvalue weighted by atomic mass is 9.43. The van der Waals surface area contributed by atoms with Crippen molar-refractivity contribution in [1.82, 2.24) is 0 Å². The van der Waals surface area contributed by atoms with Crippen molar-refractivity contribution in [3.63, 3.8) is 0 Å². The average Bonchev–Trinajstić information content (AvgIpc) is 2.84. The van der Waals surface area contributed by atoms with Crippen LogP contribution in [0.15, 0.2) is 11.6 Å². The molecule has 0 aromatic carbocycles. The maximum absolute atomic E-state index is 12.5. The van der Waals surface area contributed by atoms with Crippen molar-refractivity contribution in [3.8, 4) is 0 Å².